The Hall–Kier alpha value is -2.93. The van der Waals surface area contributed by atoms with Crippen molar-refractivity contribution in [1.82, 2.24) is 25.3 Å². The number of nitrogens with one attached hydrogen (secondary N) is 1. The van der Waals surface area contributed by atoms with Gasteiger partial charge < -0.3 is 15.2 Å². The molecule has 3 heterocycles. The van der Waals surface area contributed by atoms with Gasteiger partial charge in [0.15, 0.2) is 0 Å². The number of aromatic nitrogens is 4. The zero-order chi connectivity index (χ0) is 20.4. The van der Waals surface area contributed by atoms with Gasteiger partial charge in [-0.1, -0.05) is 6.92 Å². The van der Waals surface area contributed by atoms with Crippen molar-refractivity contribution in [1.29, 1.82) is 0 Å². The van der Waals surface area contributed by atoms with Gasteiger partial charge in [-0.2, -0.15) is 5.10 Å². The normalized spacial score (nSPS) is 21.1. The van der Waals surface area contributed by atoms with E-state index in [1.54, 1.807) is 16.9 Å². The molecule has 1 unspecified atom stereocenters. The molecule has 1 aromatic carbocycles. The largest absolute Gasteiger partial charge is 0.507 e. The fraction of sp³-hybridized carbons (Fsp3) is 0.409. The topological polar surface area (TPSA) is 85.1 Å². The number of nitrogens with zero attached hydrogens (tertiary/aromatic N) is 4. The maximum Gasteiger partial charge on any atom is 0.233 e. The minimum atomic E-state index is 0.0407. The van der Waals surface area contributed by atoms with Crippen LogP contribution >= 0.6 is 0 Å². The molecule has 3 aromatic rings. The van der Waals surface area contributed by atoms with E-state index in [-0.39, 0.29) is 17.4 Å². The Morgan fingerprint density at radius 1 is 1.24 bits per heavy atom. The van der Waals surface area contributed by atoms with Gasteiger partial charge in [-0.3, -0.25) is 0 Å². The molecule has 1 aliphatic rings. The molecule has 1 fully saturated rings. The Labute approximate surface area is 170 Å². The van der Waals surface area contributed by atoms with E-state index in [9.17, 15) is 5.11 Å². The lowest BCUT2D eigenvalue weighted by molar-refractivity contribution is 0.0799. The van der Waals surface area contributed by atoms with E-state index >= 15 is 0 Å². The van der Waals surface area contributed by atoms with E-state index in [1.165, 1.54) is 0 Å². The maximum absolute atomic E-state index is 10.4. The highest BCUT2D eigenvalue weighted by Gasteiger charge is 2.33. The summed E-state index contributed by atoms with van der Waals surface area (Å²) >= 11 is 0. The summed E-state index contributed by atoms with van der Waals surface area (Å²) in [5.74, 6) is 0.644. The van der Waals surface area contributed by atoms with E-state index in [0.717, 1.165) is 24.9 Å². The minimum absolute atomic E-state index is 0.0407. The Morgan fingerprint density at radius 2 is 2.10 bits per heavy atom. The van der Waals surface area contributed by atoms with E-state index in [1.807, 2.05) is 36.5 Å². The fourth-order valence-electron chi connectivity index (χ4n) is 4.00. The molecule has 1 aliphatic heterocycles. The minimum Gasteiger partial charge on any atom is -0.507 e. The first-order valence-electron chi connectivity index (χ1n) is 10.0. The maximum atomic E-state index is 10.4. The third-order valence-corrected chi connectivity index (χ3v) is 5.33. The molecule has 7 heteroatoms. The number of ether oxygens (including phenoxy) is 1. The third kappa shape index (κ3) is 4.40. The molecule has 7 nitrogen and oxygen atoms in total. The first-order chi connectivity index (χ1) is 13.9. The molecule has 2 N–H and O–H groups in total. The van der Waals surface area contributed by atoms with Crippen molar-refractivity contribution in [3.05, 3.63) is 48.8 Å². The van der Waals surface area contributed by atoms with Crippen LogP contribution in [0.5, 0.6) is 11.6 Å². The van der Waals surface area contributed by atoms with Crippen molar-refractivity contribution in [3.8, 4) is 28.6 Å². The standard InChI is InChI=1S/C22H27N5O2/c1-4-15-12-17(14-22(2,3)24-15)29-21-9-8-19(25-26-21)18-7-6-16(13-20(18)28)27-11-5-10-23-27/h5-11,13,15,17,24,28H,4,12,14H2,1-3H3/t15-,17?/m1/s1. The highest BCUT2D eigenvalue weighted by Crippen LogP contribution is 2.31. The second kappa shape index (κ2) is 7.83. The number of benzene rings is 1. The van der Waals surface area contributed by atoms with Crippen molar-refractivity contribution >= 4 is 0 Å². The van der Waals surface area contributed by atoms with E-state index in [0.29, 0.717) is 23.2 Å². The molecular formula is C22H27N5O2. The van der Waals surface area contributed by atoms with Gasteiger partial charge in [0, 0.05) is 48.1 Å². The van der Waals surface area contributed by atoms with Crippen LogP contribution in [0.25, 0.3) is 16.9 Å². The zero-order valence-corrected chi connectivity index (χ0v) is 17.0. The summed E-state index contributed by atoms with van der Waals surface area (Å²) in [7, 11) is 0. The van der Waals surface area contributed by atoms with Gasteiger partial charge >= 0.3 is 0 Å². The van der Waals surface area contributed by atoms with Crippen LogP contribution in [0.3, 0.4) is 0 Å². The summed E-state index contributed by atoms with van der Waals surface area (Å²) in [5.41, 5.74) is 2.04. The number of rotatable bonds is 5. The predicted octanol–water partition coefficient (Wildman–Crippen LogP) is 3.72. The van der Waals surface area contributed by atoms with Crippen LogP contribution in [-0.2, 0) is 0 Å². The van der Waals surface area contributed by atoms with E-state index in [2.05, 4.69) is 41.4 Å². The molecule has 0 amide bonds. The second-order valence-electron chi connectivity index (χ2n) is 8.22. The third-order valence-electron chi connectivity index (χ3n) is 5.33. The lowest BCUT2D eigenvalue weighted by Gasteiger charge is -2.41. The van der Waals surface area contributed by atoms with Crippen molar-refractivity contribution in [3.63, 3.8) is 0 Å². The van der Waals surface area contributed by atoms with Crippen molar-refractivity contribution in [2.75, 3.05) is 0 Å². The summed E-state index contributed by atoms with van der Waals surface area (Å²) in [5, 5.41) is 26.8. The Kier molecular flexibility index (Phi) is 5.24. The first kappa shape index (κ1) is 19.4. The van der Waals surface area contributed by atoms with Gasteiger partial charge in [-0.15, -0.1) is 10.2 Å². The molecule has 0 spiro atoms. The number of hydrogen-bond acceptors (Lipinski definition) is 6. The molecular weight excluding hydrogens is 366 g/mol. The van der Waals surface area contributed by atoms with Gasteiger partial charge in [-0.25, -0.2) is 4.68 Å². The van der Waals surface area contributed by atoms with Crippen LogP contribution in [0, 0.1) is 0 Å². The number of phenols is 1. The van der Waals surface area contributed by atoms with E-state index in [4.69, 9.17) is 4.74 Å². The highest BCUT2D eigenvalue weighted by molar-refractivity contribution is 5.68. The smallest absolute Gasteiger partial charge is 0.233 e. The number of aromatic hydroxyl groups is 1. The lowest BCUT2D eigenvalue weighted by Crippen LogP contribution is -2.54. The predicted molar refractivity (Wildman–Crippen MR) is 111 cm³/mol. The zero-order valence-electron chi connectivity index (χ0n) is 17.0. The second-order valence-corrected chi connectivity index (χ2v) is 8.22. The average molecular weight is 393 g/mol. The Morgan fingerprint density at radius 3 is 2.76 bits per heavy atom. The van der Waals surface area contributed by atoms with Crippen LogP contribution in [-0.4, -0.2) is 42.8 Å². The molecule has 0 radical (unpaired) electrons. The van der Waals surface area contributed by atoms with Gasteiger partial charge in [0.2, 0.25) is 5.88 Å². The lowest BCUT2D eigenvalue weighted by atomic mass is 9.86. The van der Waals surface area contributed by atoms with Crippen LogP contribution in [0.2, 0.25) is 0 Å². The molecule has 2 atom stereocenters. The highest BCUT2D eigenvalue weighted by atomic mass is 16.5. The van der Waals surface area contributed by atoms with Crippen LogP contribution in [0.1, 0.15) is 40.0 Å². The van der Waals surface area contributed by atoms with Crippen LogP contribution in [0.15, 0.2) is 48.8 Å². The summed E-state index contributed by atoms with van der Waals surface area (Å²) in [4.78, 5) is 0. The number of hydrogen-bond donors (Lipinski definition) is 2. The molecule has 2 aromatic heterocycles. The van der Waals surface area contributed by atoms with Crippen LogP contribution < -0.4 is 10.1 Å². The van der Waals surface area contributed by atoms with Gasteiger partial charge in [0.25, 0.3) is 0 Å². The molecule has 0 aliphatic carbocycles. The average Bonchev–Trinajstić information content (AvgIpc) is 3.22. The summed E-state index contributed by atoms with van der Waals surface area (Å²) < 4.78 is 7.82. The summed E-state index contributed by atoms with van der Waals surface area (Å²) in [6.07, 6.45) is 6.58. The summed E-state index contributed by atoms with van der Waals surface area (Å²) in [6, 6.07) is 11.3. The molecule has 152 valence electrons. The monoisotopic (exact) mass is 393 g/mol. The van der Waals surface area contributed by atoms with Crippen molar-refractivity contribution in [2.45, 2.75) is 57.7 Å². The van der Waals surface area contributed by atoms with Crippen LogP contribution in [0.4, 0.5) is 0 Å². The van der Waals surface area contributed by atoms with Crippen molar-refractivity contribution in [2.24, 2.45) is 0 Å². The van der Waals surface area contributed by atoms with Crippen molar-refractivity contribution < 1.29 is 9.84 Å². The quantitative estimate of drug-likeness (QED) is 0.687. The molecule has 4 rings (SSSR count). The molecule has 0 bridgehead atoms. The number of piperidine rings is 1. The molecule has 29 heavy (non-hydrogen) atoms. The fourth-order valence-corrected chi connectivity index (χ4v) is 4.00. The van der Waals surface area contributed by atoms with Gasteiger partial charge in [0.1, 0.15) is 11.9 Å². The number of phenolic OH excluding ortho intramolecular Hbond substituents is 1. The molecule has 1 saturated heterocycles. The SMILES string of the molecule is CC[C@@H]1CC(Oc2ccc(-c3ccc(-n4cccn4)cc3O)nn2)CC(C)(C)N1. The Bertz CT molecular complexity index is 954. The first-order valence-corrected chi connectivity index (χ1v) is 10.0. The Balaban J connectivity index is 1.48. The van der Waals surface area contributed by atoms with E-state index < -0.39 is 0 Å². The van der Waals surface area contributed by atoms with Gasteiger partial charge in [0.05, 0.1) is 11.4 Å². The summed E-state index contributed by atoms with van der Waals surface area (Å²) in [6.45, 7) is 6.60. The molecule has 0 saturated carbocycles. The van der Waals surface area contributed by atoms with Gasteiger partial charge in [-0.05, 0) is 51.0 Å².